The van der Waals surface area contributed by atoms with Gasteiger partial charge in [-0.15, -0.1) is 0 Å². The Kier molecular flexibility index (Phi) is 4.80. The van der Waals surface area contributed by atoms with Gasteiger partial charge in [-0.05, 0) is 30.9 Å². The Hall–Kier alpha value is -1.25. The molecule has 2 unspecified atom stereocenters. The van der Waals surface area contributed by atoms with E-state index >= 15 is 0 Å². The molecule has 1 fully saturated rings. The maximum absolute atomic E-state index is 13.7. The van der Waals surface area contributed by atoms with E-state index in [9.17, 15) is 22.3 Å². The van der Waals surface area contributed by atoms with Crippen LogP contribution in [0.2, 0.25) is 0 Å². The van der Waals surface area contributed by atoms with E-state index in [0.717, 1.165) is 25.0 Å². The lowest BCUT2D eigenvalue weighted by atomic mass is 9.86. The summed E-state index contributed by atoms with van der Waals surface area (Å²) in [6, 6.07) is 1.13. The van der Waals surface area contributed by atoms with Crippen LogP contribution in [0, 0.1) is 17.6 Å². The van der Waals surface area contributed by atoms with Gasteiger partial charge in [-0.3, -0.25) is 0 Å². The van der Waals surface area contributed by atoms with E-state index in [-0.39, 0.29) is 18.2 Å². The zero-order valence-corrected chi connectivity index (χ0v) is 12.2. The molecule has 1 aromatic carbocycles. The van der Waals surface area contributed by atoms with Crippen molar-refractivity contribution >= 4 is 15.7 Å². The third-order valence-corrected chi connectivity index (χ3v) is 5.25. The van der Waals surface area contributed by atoms with Crippen molar-refractivity contribution in [1.82, 2.24) is 4.72 Å². The van der Waals surface area contributed by atoms with Gasteiger partial charge in [-0.25, -0.2) is 21.9 Å². The zero-order valence-electron chi connectivity index (χ0n) is 11.4. The smallest absolute Gasteiger partial charge is 0.243 e. The first-order valence-corrected chi connectivity index (χ1v) is 8.21. The topological polar surface area (TPSA) is 92.4 Å². The SMILES string of the molecule is Nc1cc(F)c(F)c(S(=O)(=O)NC2CCCCC2CO)c1. The monoisotopic (exact) mass is 320 g/mol. The number of halogens is 2. The normalized spacial score (nSPS) is 23.2. The Morgan fingerprint density at radius 2 is 1.95 bits per heavy atom. The van der Waals surface area contributed by atoms with Crippen molar-refractivity contribution < 1.29 is 22.3 Å². The van der Waals surface area contributed by atoms with Crippen molar-refractivity contribution in [1.29, 1.82) is 0 Å². The lowest BCUT2D eigenvalue weighted by Gasteiger charge is -2.30. The number of hydrogen-bond acceptors (Lipinski definition) is 4. The van der Waals surface area contributed by atoms with Crippen LogP contribution in [0.3, 0.4) is 0 Å². The zero-order chi connectivity index (χ0) is 15.6. The quantitative estimate of drug-likeness (QED) is 0.731. The molecule has 1 aromatic rings. The Morgan fingerprint density at radius 3 is 2.62 bits per heavy atom. The van der Waals surface area contributed by atoms with E-state index in [2.05, 4.69) is 4.72 Å². The van der Waals surface area contributed by atoms with E-state index in [1.54, 1.807) is 0 Å². The molecule has 1 saturated carbocycles. The molecule has 1 aliphatic carbocycles. The maximum atomic E-state index is 13.7. The van der Waals surface area contributed by atoms with E-state index in [0.29, 0.717) is 12.8 Å². The summed E-state index contributed by atoms with van der Waals surface area (Å²) in [5.74, 6) is -2.98. The lowest BCUT2D eigenvalue weighted by molar-refractivity contribution is 0.164. The molecule has 0 bridgehead atoms. The fraction of sp³-hybridized carbons (Fsp3) is 0.538. The molecule has 21 heavy (non-hydrogen) atoms. The summed E-state index contributed by atoms with van der Waals surface area (Å²) in [7, 11) is -4.23. The Bertz CT molecular complexity index is 622. The molecule has 0 aromatic heterocycles. The highest BCUT2D eigenvalue weighted by Gasteiger charge is 2.31. The molecule has 0 saturated heterocycles. The van der Waals surface area contributed by atoms with Crippen LogP contribution < -0.4 is 10.5 Å². The fourth-order valence-corrected chi connectivity index (χ4v) is 4.08. The number of hydrogen-bond donors (Lipinski definition) is 3. The van der Waals surface area contributed by atoms with Crippen LogP contribution >= 0.6 is 0 Å². The van der Waals surface area contributed by atoms with Gasteiger partial charge in [0.15, 0.2) is 11.6 Å². The molecule has 0 amide bonds. The molecular weight excluding hydrogens is 302 g/mol. The molecule has 0 spiro atoms. The minimum atomic E-state index is -4.23. The highest BCUT2D eigenvalue weighted by molar-refractivity contribution is 7.89. The number of nitrogens with one attached hydrogen (secondary N) is 1. The van der Waals surface area contributed by atoms with Gasteiger partial charge in [-0.1, -0.05) is 12.8 Å². The minimum Gasteiger partial charge on any atom is -0.399 e. The lowest BCUT2D eigenvalue weighted by Crippen LogP contribution is -2.43. The van der Waals surface area contributed by atoms with E-state index in [4.69, 9.17) is 5.73 Å². The van der Waals surface area contributed by atoms with Crippen molar-refractivity contribution in [3.8, 4) is 0 Å². The molecule has 1 aliphatic rings. The summed E-state index contributed by atoms with van der Waals surface area (Å²) in [6.07, 6.45) is 2.97. The Balaban J connectivity index is 2.30. The average molecular weight is 320 g/mol. The van der Waals surface area contributed by atoms with Gasteiger partial charge in [0.2, 0.25) is 10.0 Å². The van der Waals surface area contributed by atoms with Crippen molar-refractivity contribution in [3.63, 3.8) is 0 Å². The Labute approximate surface area is 122 Å². The van der Waals surface area contributed by atoms with Gasteiger partial charge in [0, 0.05) is 18.3 Å². The first-order valence-electron chi connectivity index (χ1n) is 6.73. The van der Waals surface area contributed by atoms with Crippen molar-refractivity contribution in [2.75, 3.05) is 12.3 Å². The molecule has 8 heteroatoms. The number of benzene rings is 1. The molecule has 0 radical (unpaired) electrons. The number of nitrogens with two attached hydrogens (primary N) is 1. The van der Waals surface area contributed by atoms with Crippen molar-refractivity contribution in [2.24, 2.45) is 5.92 Å². The van der Waals surface area contributed by atoms with Gasteiger partial charge in [0.25, 0.3) is 0 Å². The highest BCUT2D eigenvalue weighted by atomic mass is 32.2. The third kappa shape index (κ3) is 3.50. The standard InChI is InChI=1S/C13H18F2N2O3S/c14-10-5-9(16)6-12(13(10)15)21(19,20)17-11-4-2-1-3-8(11)7-18/h5-6,8,11,17-18H,1-4,7,16H2. The Morgan fingerprint density at radius 1 is 1.29 bits per heavy atom. The number of anilines is 1. The van der Waals surface area contributed by atoms with Gasteiger partial charge < -0.3 is 10.8 Å². The van der Waals surface area contributed by atoms with Crippen molar-refractivity contribution in [2.45, 2.75) is 36.6 Å². The van der Waals surface area contributed by atoms with E-state index in [1.807, 2.05) is 0 Å². The van der Waals surface area contributed by atoms with Gasteiger partial charge in [0.05, 0.1) is 0 Å². The highest BCUT2D eigenvalue weighted by Crippen LogP contribution is 2.27. The average Bonchev–Trinajstić information content (AvgIpc) is 2.43. The second kappa shape index (κ2) is 6.25. The van der Waals surface area contributed by atoms with Gasteiger partial charge in [-0.2, -0.15) is 0 Å². The molecule has 5 nitrogen and oxygen atoms in total. The van der Waals surface area contributed by atoms with Crippen LogP contribution in [0.15, 0.2) is 17.0 Å². The summed E-state index contributed by atoms with van der Waals surface area (Å²) in [5, 5.41) is 9.28. The molecule has 0 heterocycles. The molecule has 2 atom stereocenters. The van der Waals surface area contributed by atoms with Gasteiger partial charge in [0.1, 0.15) is 4.90 Å². The predicted octanol–water partition coefficient (Wildman–Crippen LogP) is 1.38. The number of aliphatic hydroxyl groups excluding tert-OH is 1. The molecule has 118 valence electrons. The van der Waals surface area contributed by atoms with Crippen LogP contribution in [0.25, 0.3) is 0 Å². The predicted molar refractivity (Wildman–Crippen MR) is 73.9 cm³/mol. The minimum absolute atomic E-state index is 0.152. The molecule has 2 rings (SSSR count). The second-order valence-corrected chi connectivity index (χ2v) is 6.95. The molecular formula is C13H18F2N2O3S. The fourth-order valence-electron chi connectivity index (χ4n) is 2.62. The summed E-state index contributed by atoms with van der Waals surface area (Å²) in [5.41, 5.74) is 5.20. The molecule has 4 N–H and O–H groups in total. The molecule has 0 aliphatic heterocycles. The van der Waals surface area contributed by atoms with E-state index in [1.165, 1.54) is 0 Å². The summed E-state index contributed by atoms with van der Waals surface area (Å²) in [6.45, 7) is -0.152. The summed E-state index contributed by atoms with van der Waals surface area (Å²) < 4.78 is 53.8. The third-order valence-electron chi connectivity index (χ3n) is 3.76. The first kappa shape index (κ1) is 16.1. The summed E-state index contributed by atoms with van der Waals surface area (Å²) >= 11 is 0. The number of nitrogen functional groups attached to an aromatic ring is 1. The van der Waals surface area contributed by atoms with Crippen LogP contribution in [0.5, 0.6) is 0 Å². The second-order valence-electron chi connectivity index (χ2n) is 5.27. The largest absolute Gasteiger partial charge is 0.399 e. The van der Waals surface area contributed by atoms with Gasteiger partial charge >= 0.3 is 0 Å². The van der Waals surface area contributed by atoms with Crippen LogP contribution in [-0.4, -0.2) is 26.2 Å². The van der Waals surface area contributed by atoms with E-state index < -0.39 is 32.6 Å². The number of sulfonamides is 1. The first-order chi connectivity index (χ1) is 9.85. The number of rotatable bonds is 4. The maximum Gasteiger partial charge on any atom is 0.243 e. The van der Waals surface area contributed by atoms with Crippen molar-refractivity contribution in [3.05, 3.63) is 23.8 Å². The number of aliphatic hydroxyl groups is 1. The van der Waals surface area contributed by atoms with Crippen LogP contribution in [-0.2, 0) is 10.0 Å². The van der Waals surface area contributed by atoms with Crippen LogP contribution in [0.1, 0.15) is 25.7 Å². The summed E-state index contributed by atoms with van der Waals surface area (Å²) in [4.78, 5) is -0.803. The van der Waals surface area contributed by atoms with Crippen LogP contribution in [0.4, 0.5) is 14.5 Å².